The van der Waals surface area contributed by atoms with Crippen molar-refractivity contribution in [1.29, 1.82) is 0 Å². The fraction of sp³-hybridized carbons (Fsp3) is 0.250. The molecule has 0 N–H and O–H groups in total. The number of nitrogens with zero attached hydrogens (tertiary/aromatic N) is 1. The molecule has 0 aromatic heterocycles. The molecule has 1 heteroatoms. The Morgan fingerprint density at radius 3 is 2.76 bits per heavy atom. The predicted octanol–water partition coefficient (Wildman–Crippen LogP) is 3.95. The van der Waals surface area contributed by atoms with Crippen LogP contribution in [0.3, 0.4) is 0 Å². The fourth-order valence-electron chi connectivity index (χ4n) is 2.26. The Hall–Kier alpha value is -1.76. The first-order valence-corrected chi connectivity index (χ1v) is 6.08. The molecule has 0 spiro atoms. The van der Waals surface area contributed by atoms with E-state index in [-0.39, 0.29) is 0 Å². The summed E-state index contributed by atoms with van der Waals surface area (Å²) >= 11 is 0. The molecule has 0 fully saturated rings. The second kappa shape index (κ2) is 5.53. The summed E-state index contributed by atoms with van der Waals surface area (Å²) in [5.41, 5.74) is 2.43. The zero-order chi connectivity index (χ0) is 12.1. The van der Waals surface area contributed by atoms with Crippen LogP contribution < -0.4 is 4.90 Å². The predicted molar refractivity (Wildman–Crippen MR) is 75.3 cm³/mol. The molecule has 1 aliphatic rings. The highest BCUT2D eigenvalue weighted by Crippen LogP contribution is 2.24. The van der Waals surface area contributed by atoms with Gasteiger partial charge in [-0.15, -0.1) is 6.58 Å². The molecule has 1 aliphatic heterocycles. The highest BCUT2D eigenvalue weighted by Gasteiger charge is 2.18. The van der Waals surface area contributed by atoms with E-state index < -0.39 is 0 Å². The molecule has 1 heterocycles. The smallest absolute Gasteiger partial charge is 0.0426 e. The number of benzene rings is 1. The van der Waals surface area contributed by atoms with Gasteiger partial charge in [-0.25, -0.2) is 0 Å². The summed E-state index contributed by atoms with van der Waals surface area (Å²) in [4.78, 5) is 2.42. The highest BCUT2D eigenvalue weighted by molar-refractivity contribution is 5.50. The third kappa shape index (κ3) is 2.88. The van der Waals surface area contributed by atoms with Crippen LogP contribution in [-0.4, -0.2) is 12.6 Å². The van der Waals surface area contributed by atoms with Gasteiger partial charge in [0.15, 0.2) is 0 Å². The number of para-hydroxylation sites is 1. The van der Waals surface area contributed by atoms with Gasteiger partial charge in [-0.2, -0.15) is 0 Å². The Bertz CT molecular complexity index is 416. The van der Waals surface area contributed by atoms with Crippen LogP contribution in [0.1, 0.15) is 12.8 Å². The van der Waals surface area contributed by atoms with Crippen LogP contribution in [0.2, 0.25) is 0 Å². The van der Waals surface area contributed by atoms with Crippen LogP contribution in [0, 0.1) is 0 Å². The zero-order valence-corrected chi connectivity index (χ0v) is 10.2. The summed E-state index contributed by atoms with van der Waals surface area (Å²) < 4.78 is 0. The molecular formula is C16H19N. The Morgan fingerprint density at radius 1 is 1.29 bits per heavy atom. The van der Waals surface area contributed by atoms with E-state index in [9.17, 15) is 0 Å². The summed E-state index contributed by atoms with van der Waals surface area (Å²) in [6, 6.07) is 11.0. The van der Waals surface area contributed by atoms with Crippen molar-refractivity contribution in [1.82, 2.24) is 0 Å². The Labute approximate surface area is 104 Å². The second-order valence-electron chi connectivity index (χ2n) is 4.44. The first kappa shape index (κ1) is 11.7. The van der Waals surface area contributed by atoms with Gasteiger partial charge in [-0.05, 0) is 30.5 Å². The van der Waals surface area contributed by atoms with Gasteiger partial charge in [0, 0.05) is 18.3 Å². The number of anilines is 1. The molecule has 0 aliphatic carbocycles. The monoisotopic (exact) mass is 225 g/mol. The van der Waals surface area contributed by atoms with Crippen molar-refractivity contribution in [3.05, 3.63) is 67.3 Å². The second-order valence-corrected chi connectivity index (χ2v) is 4.44. The van der Waals surface area contributed by atoms with Gasteiger partial charge in [0.2, 0.25) is 0 Å². The van der Waals surface area contributed by atoms with Crippen molar-refractivity contribution in [3.8, 4) is 0 Å². The maximum absolute atomic E-state index is 4.09. The van der Waals surface area contributed by atoms with Crippen molar-refractivity contribution in [2.24, 2.45) is 0 Å². The lowest BCUT2D eigenvalue weighted by atomic mass is 10.1. The number of rotatable bonds is 3. The number of hydrogen-bond donors (Lipinski definition) is 0. The molecule has 0 saturated heterocycles. The van der Waals surface area contributed by atoms with Crippen molar-refractivity contribution in [2.75, 3.05) is 11.4 Å². The maximum Gasteiger partial charge on any atom is 0.0426 e. The van der Waals surface area contributed by atoms with Gasteiger partial charge in [0.05, 0.1) is 0 Å². The van der Waals surface area contributed by atoms with Crippen molar-refractivity contribution < 1.29 is 0 Å². The minimum atomic E-state index is 0.491. The standard InChI is InChI=1S/C16H19N/c1-3-8-15-12-7-9-14(2)13-17(15)16-10-5-4-6-11-16/h3-7,9-11,15H,1-2,8,12-13H2. The molecule has 1 aromatic carbocycles. The van der Waals surface area contributed by atoms with Crippen LogP contribution in [0.15, 0.2) is 67.3 Å². The van der Waals surface area contributed by atoms with Gasteiger partial charge in [-0.3, -0.25) is 0 Å². The Kier molecular flexibility index (Phi) is 3.81. The lowest BCUT2D eigenvalue weighted by molar-refractivity contribution is 0.629. The summed E-state index contributed by atoms with van der Waals surface area (Å²) in [7, 11) is 0. The van der Waals surface area contributed by atoms with Gasteiger partial charge >= 0.3 is 0 Å². The molecule has 17 heavy (non-hydrogen) atoms. The van der Waals surface area contributed by atoms with E-state index in [0.29, 0.717) is 6.04 Å². The summed E-state index contributed by atoms with van der Waals surface area (Å²) in [5.74, 6) is 0. The molecular weight excluding hydrogens is 206 g/mol. The molecule has 1 atom stereocenters. The van der Waals surface area contributed by atoms with E-state index in [1.807, 2.05) is 6.08 Å². The van der Waals surface area contributed by atoms with Crippen LogP contribution in [-0.2, 0) is 0 Å². The molecule has 88 valence electrons. The molecule has 1 unspecified atom stereocenters. The minimum absolute atomic E-state index is 0.491. The van der Waals surface area contributed by atoms with Gasteiger partial charge in [-0.1, -0.05) is 43.0 Å². The molecule has 0 saturated carbocycles. The maximum atomic E-state index is 4.09. The molecule has 0 amide bonds. The first-order valence-electron chi connectivity index (χ1n) is 6.08. The lowest BCUT2D eigenvalue weighted by Gasteiger charge is -2.31. The molecule has 1 nitrogen and oxygen atoms in total. The molecule has 1 aromatic rings. The lowest BCUT2D eigenvalue weighted by Crippen LogP contribution is -2.35. The Balaban J connectivity index is 2.26. The minimum Gasteiger partial charge on any atom is -0.364 e. The Morgan fingerprint density at radius 2 is 2.06 bits per heavy atom. The third-order valence-electron chi connectivity index (χ3n) is 3.10. The zero-order valence-electron chi connectivity index (χ0n) is 10.2. The first-order chi connectivity index (χ1) is 8.31. The summed E-state index contributed by atoms with van der Waals surface area (Å²) in [5, 5.41) is 0. The molecule has 0 radical (unpaired) electrons. The van der Waals surface area contributed by atoms with Gasteiger partial charge in [0.1, 0.15) is 0 Å². The fourth-order valence-corrected chi connectivity index (χ4v) is 2.26. The van der Waals surface area contributed by atoms with Crippen LogP contribution in [0.25, 0.3) is 0 Å². The SMILES string of the molecule is C=CCC1CC=CC(=C)CN1c1ccccc1. The van der Waals surface area contributed by atoms with Crippen LogP contribution in [0.5, 0.6) is 0 Å². The normalized spacial score (nSPS) is 20.1. The van der Waals surface area contributed by atoms with Crippen molar-refractivity contribution in [2.45, 2.75) is 18.9 Å². The topological polar surface area (TPSA) is 3.24 Å². The highest BCUT2D eigenvalue weighted by atomic mass is 15.2. The quantitative estimate of drug-likeness (QED) is 0.704. The van der Waals surface area contributed by atoms with Gasteiger partial charge < -0.3 is 4.90 Å². The summed E-state index contributed by atoms with van der Waals surface area (Å²) in [6.07, 6.45) is 8.42. The van der Waals surface area contributed by atoms with E-state index >= 15 is 0 Å². The average Bonchev–Trinajstić information content (AvgIpc) is 2.53. The van der Waals surface area contributed by atoms with E-state index in [4.69, 9.17) is 0 Å². The van der Waals surface area contributed by atoms with Crippen molar-refractivity contribution in [3.63, 3.8) is 0 Å². The third-order valence-corrected chi connectivity index (χ3v) is 3.10. The van der Waals surface area contributed by atoms with Crippen molar-refractivity contribution >= 4 is 5.69 Å². The van der Waals surface area contributed by atoms with E-state index in [2.05, 4.69) is 60.5 Å². The van der Waals surface area contributed by atoms with E-state index in [1.165, 1.54) is 11.3 Å². The van der Waals surface area contributed by atoms with Crippen LogP contribution in [0.4, 0.5) is 5.69 Å². The average molecular weight is 225 g/mol. The van der Waals surface area contributed by atoms with E-state index in [1.54, 1.807) is 0 Å². The largest absolute Gasteiger partial charge is 0.364 e. The van der Waals surface area contributed by atoms with Crippen LogP contribution >= 0.6 is 0 Å². The summed E-state index contributed by atoms with van der Waals surface area (Å²) in [6.45, 7) is 8.85. The number of hydrogen-bond acceptors (Lipinski definition) is 1. The molecule has 2 rings (SSSR count). The van der Waals surface area contributed by atoms with Gasteiger partial charge in [0.25, 0.3) is 0 Å². The molecule has 0 bridgehead atoms. The van der Waals surface area contributed by atoms with E-state index in [0.717, 1.165) is 19.4 Å².